The summed E-state index contributed by atoms with van der Waals surface area (Å²) in [5.41, 5.74) is 0.782. The molecule has 0 radical (unpaired) electrons. The molecule has 1 aliphatic rings. The first-order chi connectivity index (χ1) is 10.0. The molecule has 2 atom stereocenters. The van der Waals surface area contributed by atoms with Crippen molar-refractivity contribution in [2.45, 2.75) is 18.8 Å². The summed E-state index contributed by atoms with van der Waals surface area (Å²) in [6.07, 6.45) is -1.15. The maximum absolute atomic E-state index is 11.5. The third-order valence-electron chi connectivity index (χ3n) is 3.54. The molecule has 2 unspecified atom stereocenters. The van der Waals surface area contributed by atoms with Crippen molar-refractivity contribution in [2.24, 2.45) is 0 Å². The summed E-state index contributed by atoms with van der Waals surface area (Å²) in [6.45, 7) is 1.87. The predicted octanol–water partition coefficient (Wildman–Crippen LogP) is 4.10. The van der Waals surface area contributed by atoms with Crippen LogP contribution in [0.1, 0.15) is 18.1 Å². The summed E-state index contributed by atoms with van der Waals surface area (Å²) < 4.78 is 11.3. The van der Waals surface area contributed by atoms with E-state index in [0.29, 0.717) is 10.8 Å². The van der Waals surface area contributed by atoms with E-state index in [0.717, 1.165) is 11.1 Å². The highest BCUT2D eigenvalue weighted by Crippen LogP contribution is 2.44. The number of hydrogen-bond acceptors (Lipinski definition) is 3. The number of fused-ring (bicyclic) bond motifs is 1. The fourth-order valence-corrected chi connectivity index (χ4v) is 2.73. The minimum absolute atomic E-state index is 0.538. The molecule has 0 bridgehead atoms. The van der Waals surface area contributed by atoms with E-state index in [2.05, 4.69) is 0 Å². The SMILES string of the molecule is CC1(c2ccccc2)OC(C(=O)Cl)Oc2ccc(Cl)cc21. The number of rotatable bonds is 2. The quantitative estimate of drug-likeness (QED) is 0.781. The summed E-state index contributed by atoms with van der Waals surface area (Å²) in [5, 5.41) is -0.128. The van der Waals surface area contributed by atoms with E-state index in [4.69, 9.17) is 32.7 Å². The number of carbonyl (C=O) groups excluding carboxylic acids is 1. The molecule has 0 aliphatic carbocycles. The van der Waals surface area contributed by atoms with Gasteiger partial charge in [0.05, 0.1) is 0 Å². The molecule has 0 N–H and O–H groups in total. The molecule has 3 nitrogen and oxygen atoms in total. The van der Waals surface area contributed by atoms with Crippen LogP contribution >= 0.6 is 23.2 Å². The van der Waals surface area contributed by atoms with E-state index in [1.54, 1.807) is 18.2 Å². The summed E-state index contributed by atoms with van der Waals surface area (Å²) in [5.74, 6) is 0.538. The standard InChI is InChI=1S/C16H12Cl2O3/c1-16(10-5-3-2-4-6-10)12-9-11(17)7-8-13(12)20-15(21-16)14(18)19/h2-9,15H,1H3. The smallest absolute Gasteiger partial charge is 0.290 e. The van der Waals surface area contributed by atoms with Crippen molar-refractivity contribution in [1.82, 2.24) is 0 Å². The van der Waals surface area contributed by atoms with E-state index < -0.39 is 17.1 Å². The molecular formula is C16H12Cl2O3. The third kappa shape index (κ3) is 2.53. The maximum Gasteiger partial charge on any atom is 0.290 e. The highest BCUT2D eigenvalue weighted by Gasteiger charge is 2.42. The molecule has 108 valence electrons. The van der Waals surface area contributed by atoms with Crippen molar-refractivity contribution in [3.05, 3.63) is 64.7 Å². The molecule has 0 saturated heterocycles. The summed E-state index contributed by atoms with van der Waals surface area (Å²) in [7, 11) is 0. The summed E-state index contributed by atoms with van der Waals surface area (Å²) in [6, 6.07) is 14.8. The minimum atomic E-state index is -1.15. The van der Waals surface area contributed by atoms with E-state index in [9.17, 15) is 4.79 Å². The fraction of sp³-hybridized carbons (Fsp3) is 0.188. The molecule has 0 saturated carbocycles. The highest BCUT2D eigenvalue weighted by molar-refractivity contribution is 6.64. The van der Waals surface area contributed by atoms with Crippen LogP contribution < -0.4 is 4.74 Å². The molecule has 3 rings (SSSR count). The van der Waals surface area contributed by atoms with Gasteiger partial charge in [0.15, 0.2) is 0 Å². The van der Waals surface area contributed by atoms with Gasteiger partial charge in [0.2, 0.25) is 0 Å². The van der Waals surface area contributed by atoms with Gasteiger partial charge in [-0.15, -0.1) is 0 Å². The predicted molar refractivity (Wildman–Crippen MR) is 80.7 cm³/mol. The van der Waals surface area contributed by atoms with E-state index in [-0.39, 0.29) is 0 Å². The molecule has 2 aromatic carbocycles. The first-order valence-corrected chi connectivity index (χ1v) is 7.16. The Balaban J connectivity index is 2.19. The van der Waals surface area contributed by atoms with Crippen molar-refractivity contribution >= 4 is 28.4 Å². The average Bonchev–Trinajstić information content (AvgIpc) is 2.48. The van der Waals surface area contributed by atoms with E-state index in [1.807, 2.05) is 37.3 Å². The van der Waals surface area contributed by atoms with Crippen LogP contribution in [0.15, 0.2) is 48.5 Å². The van der Waals surface area contributed by atoms with Gasteiger partial charge in [-0.3, -0.25) is 4.79 Å². The molecule has 5 heteroatoms. The Kier molecular flexibility index (Phi) is 3.66. The Labute approximate surface area is 132 Å². The van der Waals surface area contributed by atoms with Gasteiger partial charge in [-0.2, -0.15) is 0 Å². The van der Waals surface area contributed by atoms with Gasteiger partial charge in [0.1, 0.15) is 11.4 Å². The van der Waals surface area contributed by atoms with Crippen molar-refractivity contribution in [3.8, 4) is 5.75 Å². The molecule has 1 heterocycles. The number of halogens is 2. The topological polar surface area (TPSA) is 35.5 Å². The van der Waals surface area contributed by atoms with Gasteiger partial charge in [-0.25, -0.2) is 0 Å². The summed E-state index contributed by atoms with van der Waals surface area (Å²) in [4.78, 5) is 11.5. The van der Waals surface area contributed by atoms with Gasteiger partial charge < -0.3 is 9.47 Å². The van der Waals surface area contributed by atoms with Gasteiger partial charge in [0.25, 0.3) is 11.5 Å². The van der Waals surface area contributed by atoms with Crippen LogP contribution in [0.4, 0.5) is 0 Å². The molecule has 0 spiro atoms. The van der Waals surface area contributed by atoms with Crippen LogP contribution in [0.25, 0.3) is 0 Å². The highest BCUT2D eigenvalue weighted by atomic mass is 35.5. The lowest BCUT2D eigenvalue weighted by Gasteiger charge is -2.39. The van der Waals surface area contributed by atoms with Crippen molar-refractivity contribution in [1.29, 1.82) is 0 Å². The van der Waals surface area contributed by atoms with Crippen LogP contribution in [0.3, 0.4) is 0 Å². The second-order valence-electron chi connectivity index (χ2n) is 4.91. The molecule has 0 fully saturated rings. The van der Waals surface area contributed by atoms with Crippen molar-refractivity contribution in [3.63, 3.8) is 0 Å². The molecule has 2 aromatic rings. The van der Waals surface area contributed by atoms with Crippen LogP contribution in [0, 0.1) is 0 Å². The Hall–Kier alpha value is -1.55. The van der Waals surface area contributed by atoms with Gasteiger partial charge in [-0.1, -0.05) is 41.9 Å². The fourth-order valence-electron chi connectivity index (χ4n) is 2.47. The second-order valence-corrected chi connectivity index (χ2v) is 5.72. The van der Waals surface area contributed by atoms with Crippen LogP contribution in [-0.4, -0.2) is 11.5 Å². The lowest BCUT2D eigenvalue weighted by atomic mass is 9.86. The van der Waals surface area contributed by atoms with Crippen molar-refractivity contribution < 1.29 is 14.3 Å². The first kappa shape index (κ1) is 14.4. The van der Waals surface area contributed by atoms with Gasteiger partial charge >= 0.3 is 0 Å². The number of ether oxygens (including phenoxy) is 2. The second kappa shape index (κ2) is 5.34. The lowest BCUT2D eigenvalue weighted by Crippen LogP contribution is -2.43. The minimum Gasteiger partial charge on any atom is -0.455 e. The lowest BCUT2D eigenvalue weighted by molar-refractivity contribution is -0.177. The van der Waals surface area contributed by atoms with Crippen LogP contribution in [0.5, 0.6) is 5.75 Å². The molecule has 0 amide bonds. The average molecular weight is 323 g/mol. The molecule has 0 aromatic heterocycles. The Morgan fingerprint density at radius 3 is 2.57 bits per heavy atom. The molecular weight excluding hydrogens is 311 g/mol. The zero-order valence-corrected chi connectivity index (χ0v) is 12.7. The zero-order chi connectivity index (χ0) is 15.0. The van der Waals surface area contributed by atoms with E-state index >= 15 is 0 Å². The first-order valence-electron chi connectivity index (χ1n) is 6.40. The third-order valence-corrected chi connectivity index (χ3v) is 3.96. The molecule has 1 aliphatic heterocycles. The number of carbonyl (C=O) groups is 1. The van der Waals surface area contributed by atoms with Crippen molar-refractivity contribution in [2.75, 3.05) is 0 Å². The Bertz CT molecular complexity index is 687. The van der Waals surface area contributed by atoms with E-state index in [1.165, 1.54) is 0 Å². The van der Waals surface area contributed by atoms with Gasteiger partial charge in [-0.05, 0) is 42.3 Å². The Morgan fingerprint density at radius 1 is 1.19 bits per heavy atom. The van der Waals surface area contributed by atoms with Gasteiger partial charge in [0, 0.05) is 10.6 Å². The largest absolute Gasteiger partial charge is 0.455 e. The molecule has 21 heavy (non-hydrogen) atoms. The Morgan fingerprint density at radius 2 is 1.90 bits per heavy atom. The van der Waals surface area contributed by atoms with Crippen LogP contribution in [0.2, 0.25) is 5.02 Å². The number of hydrogen-bond donors (Lipinski definition) is 0. The monoisotopic (exact) mass is 322 g/mol. The normalized spacial score (nSPS) is 24.0. The number of benzene rings is 2. The maximum atomic E-state index is 11.5. The zero-order valence-electron chi connectivity index (χ0n) is 11.2. The van der Waals surface area contributed by atoms with Crippen LogP contribution in [-0.2, 0) is 15.1 Å². The summed E-state index contributed by atoms with van der Waals surface area (Å²) >= 11 is 11.6.